The van der Waals surface area contributed by atoms with Crippen LogP contribution in [0.2, 0.25) is 0 Å². The Morgan fingerprint density at radius 2 is 1.60 bits per heavy atom. The fourth-order valence-corrected chi connectivity index (χ4v) is 4.51. The number of hydrogen-bond acceptors (Lipinski definition) is 5. The molecule has 1 aliphatic rings. The average molecular weight is 383 g/mol. The van der Waals surface area contributed by atoms with E-state index in [1.54, 1.807) is 6.07 Å². The second-order valence-corrected chi connectivity index (χ2v) is 10.7. The summed E-state index contributed by atoms with van der Waals surface area (Å²) >= 11 is 0. The van der Waals surface area contributed by atoms with Gasteiger partial charge in [-0.05, 0) is 48.7 Å². The van der Waals surface area contributed by atoms with Crippen molar-refractivity contribution in [3.63, 3.8) is 0 Å². The second kappa shape index (κ2) is 6.26. The lowest BCUT2D eigenvalue weighted by molar-refractivity contribution is 0.390. The van der Waals surface area contributed by atoms with E-state index in [0.29, 0.717) is 17.6 Å². The summed E-state index contributed by atoms with van der Waals surface area (Å²) in [5.74, 6) is 2.56. The van der Waals surface area contributed by atoms with E-state index in [0.717, 1.165) is 18.4 Å². The van der Waals surface area contributed by atoms with Crippen molar-refractivity contribution in [1.29, 1.82) is 0 Å². The highest BCUT2D eigenvalue weighted by molar-refractivity contribution is 7.90. The van der Waals surface area contributed by atoms with Crippen LogP contribution in [0.5, 0.6) is 0 Å². The number of sulfone groups is 1. The van der Waals surface area contributed by atoms with Crippen LogP contribution in [0.25, 0.3) is 0 Å². The molecule has 1 aromatic carbocycles. The Hall–Kier alpha value is -1.64. The second-order valence-electron chi connectivity index (χ2n) is 6.63. The SMILES string of the molecule is C[C@@H]1C[C@@H]1c1ccc(CN(C)S(=O)(=O)c2ccc(S(C)(=O)=O)cc2)o1. The van der Waals surface area contributed by atoms with Gasteiger partial charge in [0.2, 0.25) is 10.0 Å². The van der Waals surface area contributed by atoms with Gasteiger partial charge in [0.05, 0.1) is 16.3 Å². The normalized spacial score (nSPS) is 20.8. The largest absolute Gasteiger partial charge is 0.464 e. The van der Waals surface area contributed by atoms with Gasteiger partial charge in [0.25, 0.3) is 0 Å². The number of rotatable bonds is 6. The van der Waals surface area contributed by atoms with Gasteiger partial charge in [0, 0.05) is 19.2 Å². The van der Waals surface area contributed by atoms with Crippen molar-refractivity contribution in [2.75, 3.05) is 13.3 Å². The van der Waals surface area contributed by atoms with E-state index < -0.39 is 19.9 Å². The van der Waals surface area contributed by atoms with Crippen LogP contribution in [-0.4, -0.2) is 34.4 Å². The average Bonchev–Trinajstić information content (AvgIpc) is 3.08. The minimum absolute atomic E-state index is 0.0463. The van der Waals surface area contributed by atoms with Gasteiger partial charge >= 0.3 is 0 Å². The fraction of sp³-hybridized carbons (Fsp3) is 0.412. The van der Waals surface area contributed by atoms with E-state index in [4.69, 9.17) is 4.42 Å². The zero-order valence-corrected chi connectivity index (χ0v) is 16.0. The van der Waals surface area contributed by atoms with Crippen molar-refractivity contribution in [2.45, 2.75) is 35.6 Å². The Kier molecular flexibility index (Phi) is 4.55. The van der Waals surface area contributed by atoms with E-state index in [1.165, 1.54) is 35.6 Å². The molecule has 1 saturated carbocycles. The lowest BCUT2D eigenvalue weighted by Crippen LogP contribution is -2.26. The van der Waals surface area contributed by atoms with Gasteiger partial charge in [-0.25, -0.2) is 16.8 Å². The van der Waals surface area contributed by atoms with E-state index in [-0.39, 0.29) is 16.3 Å². The molecule has 0 spiro atoms. The van der Waals surface area contributed by atoms with Crippen molar-refractivity contribution in [1.82, 2.24) is 4.31 Å². The van der Waals surface area contributed by atoms with E-state index in [2.05, 4.69) is 6.92 Å². The molecule has 3 rings (SSSR count). The van der Waals surface area contributed by atoms with Crippen LogP contribution in [0.3, 0.4) is 0 Å². The Bertz CT molecular complexity index is 974. The number of benzene rings is 1. The topological polar surface area (TPSA) is 84.7 Å². The molecule has 0 N–H and O–H groups in total. The molecule has 25 heavy (non-hydrogen) atoms. The Balaban J connectivity index is 1.76. The van der Waals surface area contributed by atoms with E-state index in [9.17, 15) is 16.8 Å². The van der Waals surface area contributed by atoms with Crippen LogP contribution in [-0.2, 0) is 26.4 Å². The predicted octanol–water partition coefficient (Wildman–Crippen LogP) is 2.63. The fourth-order valence-electron chi connectivity index (χ4n) is 2.74. The summed E-state index contributed by atoms with van der Waals surface area (Å²) in [4.78, 5) is 0.133. The van der Waals surface area contributed by atoms with Crippen LogP contribution in [0.4, 0.5) is 0 Å². The summed E-state index contributed by atoms with van der Waals surface area (Å²) in [7, 11) is -5.61. The lowest BCUT2D eigenvalue weighted by Gasteiger charge is -2.16. The molecule has 1 heterocycles. The van der Waals surface area contributed by atoms with Crippen molar-refractivity contribution >= 4 is 19.9 Å². The van der Waals surface area contributed by atoms with E-state index in [1.807, 2.05) is 6.07 Å². The van der Waals surface area contributed by atoms with Crippen molar-refractivity contribution < 1.29 is 21.3 Å². The lowest BCUT2D eigenvalue weighted by atomic mass is 10.3. The summed E-state index contributed by atoms with van der Waals surface area (Å²) in [6.45, 7) is 2.28. The predicted molar refractivity (Wildman–Crippen MR) is 93.4 cm³/mol. The summed E-state index contributed by atoms with van der Waals surface area (Å²) in [6.07, 6.45) is 2.19. The van der Waals surface area contributed by atoms with Gasteiger partial charge in [-0.3, -0.25) is 0 Å². The highest BCUT2D eigenvalue weighted by Crippen LogP contribution is 2.47. The maximum atomic E-state index is 12.6. The molecule has 0 amide bonds. The molecule has 6 nitrogen and oxygen atoms in total. The third-order valence-corrected chi connectivity index (χ3v) is 7.44. The zero-order chi connectivity index (χ0) is 18.4. The summed E-state index contributed by atoms with van der Waals surface area (Å²) < 4.78 is 55.2. The number of furan rings is 1. The molecule has 0 aliphatic heterocycles. The first-order chi connectivity index (χ1) is 11.6. The first-order valence-electron chi connectivity index (χ1n) is 7.94. The highest BCUT2D eigenvalue weighted by Gasteiger charge is 2.36. The maximum absolute atomic E-state index is 12.6. The number of sulfonamides is 1. The molecule has 1 aromatic heterocycles. The molecule has 1 fully saturated rings. The minimum Gasteiger partial charge on any atom is -0.464 e. The highest BCUT2D eigenvalue weighted by atomic mass is 32.2. The van der Waals surface area contributed by atoms with Gasteiger partial charge < -0.3 is 4.42 Å². The number of nitrogens with zero attached hydrogens (tertiary/aromatic N) is 1. The number of hydrogen-bond donors (Lipinski definition) is 0. The summed E-state index contributed by atoms with van der Waals surface area (Å²) in [5.41, 5.74) is 0. The molecule has 0 saturated heterocycles. The Morgan fingerprint density at radius 3 is 2.12 bits per heavy atom. The van der Waals surface area contributed by atoms with Crippen molar-refractivity contribution in [3.05, 3.63) is 47.9 Å². The summed E-state index contributed by atoms with van der Waals surface area (Å²) in [5, 5.41) is 0. The van der Waals surface area contributed by atoms with Gasteiger partial charge in [-0.1, -0.05) is 6.92 Å². The monoisotopic (exact) mass is 383 g/mol. The molecular formula is C17H21NO5S2. The third kappa shape index (κ3) is 3.80. The molecule has 0 radical (unpaired) electrons. The Morgan fingerprint density at radius 1 is 1.04 bits per heavy atom. The van der Waals surface area contributed by atoms with Crippen LogP contribution >= 0.6 is 0 Å². The minimum atomic E-state index is -3.73. The summed E-state index contributed by atoms with van der Waals surface area (Å²) in [6, 6.07) is 8.93. The Labute approximate surface area is 148 Å². The van der Waals surface area contributed by atoms with E-state index >= 15 is 0 Å². The van der Waals surface area contributed by atoms with Gasteiger partial charge in [0.15, 0.2) is 9.84 Å². The van der Waals surface area contributed by atoms with Crippen LogP contribution in [0.15, 0.2) is 50.6 Å². The zero-order valence-electron chi connectivity index (χ0n) is 14.3. The molecule has 2 atom stereocenters. The smallest absolute Gasteiger partial charge is 0.243 e. The van der Waals surface area contributed by atoms with Gasteiger partial charge in [-0.2, -0.15) is 4.31 Å². The maximum Gasteiger partial charge on any atom is 0.243 e. The molecule has 0 bridgehead atoms. The molecule has 0 unspecified atom stereocenters. The molecular weight excluding hydrogens is 362 g/mol. The third-order valence-electron chi connectivity index (χ3n) is 4.50. The van der Waals surface area contributed by atoms with Crippen molar-refractivity contribution in [3.8, 4) is 0 Å². The first kappa shape index (κ1) is 18.2. The van der Waals surface area contributed by atoms with Gasteiger partial charge in [-0.15, -0.1) is 0 Å². The van der Waals surface area contributed by atoms with Crippen LogP contribution < -0.4 is 0 Å². The molecule has 136 valence electrons. The standard InChI is InChI=1S/C17H21NO5S2/c1-12-10-16(12)17-9-4-13(23-17)11-18(2)25(21,22)15-7-5-14(6-8-15)24(3,19)20/h4-9,12,16H,10-11H2,1-3H3/t12-,16+/m1/s1. The molecule has 1 aliphatic carbocycles. The van der Waals surface area contributed by atoms with Gasteiger partial charge in [0.1, 0.15) is 11.5 Å². The van der Waals surface area contributed by atoms with Crippen molar-refractivity contribution in [2.24, 2.45) is 5.92 Å². The first-order valence-corrected chi connectivity index (χ1v) is 11.3. The van der Waals surface area contributed by atoms with Crippen LogP contribution in [0, 0.1) is 5.92 Å². The molecule has 8 heteroatoms. The quantitative estimate of drug-likeness (QED) is 0.765. The van der Waals surface area contributed by atoms with Crippen LogP contribution in [0.1, 0.15) is 30.8 Å². The molecule has 2 aromatic rings.